The van der Waals surface area contributed by atoms with E-state index in [0.717, 1.165) is 16.9 Å². The molecule has 0 radical (unpaired) electrons. The van der Waals surface area contributed by atoms with E-state index in [9.17, 15) is 4.79 Å². The molecular formula is C20H25ClN2O3. The number of carbonyl (C=O) groups excluding carboxylic acids is 1. The van der Waals surface area contributed by atoms with Crippen LogP contribution in [0.1, 0.15) is 17.2 Å². The van der Waals surface area contributed by atoms with Gasteiger partial charge >= 0.3 is 0 Å². The van der Waals surface area contributed by atoms with Gasteiger partial charge in [0.15, 0.2) is 6.61 Å². The molecule has 0 aliphatic rings. The summed E-state index contributed by atoms with van der Waals surface area (Å²) in [6.45, 7) is 2.33. The van der Waals surface area contributed by atoms with Crippen LogP contribution in [-0.4, -0.2) is 45.2 Å². The highest BCUT2D eigenvalue weighted by atomic mass is 35.5. The number of aryl methyl sites for hydroxylation is 1. The van der Waals surface area contributed by atoms with Crippen LogP contribution in [0.4, 0.5) is 0 Å². The highest BCUT2D eigenvalue weighted by Crippen LogP contribution is 2.23. The van der Waals surface area contributed by atoms with Crippen LogP contribution < -0.4 is 14.8 Å². The normalized spacial score (nSPS) is 11.9. The molecule has 0 aliphatic heterocycles. The number of hydrogen-bond donors (Lipinski definition) is 1. The van der Waals surface area contributed by atoms with Crippen LogP contribution in [0, 0.1) is 6.92 Å². The smallest absolute Gasteiger partial charge is 0.258 e. The molecule has 6 heteroatoms. The van der Waals surface area contributed by atoms with E-state index in [1.54, 1.807) is 25.3 Å². The van der Waals surface area contributed by atoms with Crippen molar-refractivity contribution in [2.24, 2.45) is 0 Å². The summed E-state index contributed by atoms with van der Waals surface area (Å²) < 4.78 is 10.9. The summed E-state index contributed by atoms with van der Waals surface area (Å²) >= 11 is 5.93. The average molecular weight is 377 g/mol. The topological polar surface area (TPSA) is 50.8 Å². The first-order chi connectivity index (χ1) is 12.4. The van der Waals surface area contributed by atoms with Gasteiger partial charge in [0, 0.05) is 11.6 Å². The lowest BCUT2D eigenvalue weighted by Gasteiger charge is -2.25. The molecule has 0 aliphatic carbocycles. The molecule has 5 nitrogen and oxygen atoms in total. The Morgan fingerprint density at radius 2 is 2.00 bits per heavy atom. The first-order valence-electron chi connectivity index (χ1n) is 8.36. The minimum Gasteiger partial charge on any atom is -0.497 e. The summed E-state index contributed by atoms with van der Waals surface area (Å²) in [6.07, 6.45) is 0. The van der Waals surface area contributed by atoms with Gasteiger partial charge in [-0.25, -0.2) is 0 Å². The molecule has 0 aromatic heterocycles. The zero-order valence-electron chi connectivity index (χ0n) is 15.6. The molecule has 0 bridgehead atoms. The van der Waals surface area contributed by atoms with Crippen LogP contribution in [0.5, 0.6) is 11.5 Å². The van der Waals surface area contributed by atoms with Crippen molar-refractivity contribution in [3.05, 3.63) is 58.6 Å². The lowest BCUT2D eigenvalue weighted by Crippen LogP contribution is -2.36. The molecule has 26 heavy (non-hydrogen) atoms. The Balaban J connectivity index is 1.92. The number of halogens is 1. The van der Waals surface area contributed by atoms with Crippen molar-refractivity contribution < 1.29 is 14.3 Å². The van der Waals surface area contributed by atoms with Crippen molar-refractivity contribution in [1.29, 1.82) is 0 Å². The van der Waals surface area contributed by atoms with Crippen LogP contribution in [-0.2, 0) is 4.79 Å². The number of rotatable bonds is 8. The second kappa shape index (κ2) is 9.46. The third kappa shape index (κ3) is 5.64. The minimum atomic E-state index is -0.172. The molecule has 0 fully saturated rings. The summed E-state index contributed by atoms with van der Waals surface area (Å²) in [5, 5.41) is 3.57. The van der Waals surface area contributed by atoms with Gasteiger partial charge in [0.1, 0.15) is 11.5 Å². The van der Waals surface area contributed by atoms with Gasteiger partial charge < -0.3 is 19.7 Å². The van der Waals surface area contributed by atoms with Gasteiger partial charge in [0.05, 0.1) is 13.2 Å². The van der Waals surface area contributed by atoms with Crippen LogP contribution in [0.15, 0.2) is 42.5 Å². The van der Waals surface area contributed by atoms with Crippen molar-refractivity contribution in [2.45, 2.75) is 13.0 Å². The fourth-order valence-electron chi connectivity index (χ4n) is 2.63. The van der Waals surface area contributed by atoms with Gasteiger partial charge in [0.25, 0.3) is 5.91 Å². The van der Waals surface area contributed by atoms with Gasteiger partial charge in [0.2, 0.25) is 0 Å². The standard InChI is InChI=1S/C20H25ClN2O3/c1-14-10-16(21)8-9-19(14)26-13-20(24)22-12-18(23(2)3)15-6-5-7-17(11-15)25-4/h5-11,18H,12-13H2,1-4H3,(H,22,24)/t18-/m0/s1. The van der Waals surface area contributed by atoms with E-state index >= 15 is 0 Å². The lowest BCUT2D eigenvalue weighted by molar-refractivity contribution is -0.123. The number of methoxy groups -OCH3 is 1. The largest absolute Gasteiger partial charge is 0.497 e. The van der Waals surface area contributed by atoms with Gasteiger partial charge in [-0.15, -0.1) is 0 Å². The maximum Gasteiger partial charge on any atom is 0.258 e. The molecule has 140 valence electrons. The molecular weight excluding hydrogens is 352 g/mol. The number of nitrogens with zero attached hydrogens (tertiary/aromatic N) is 1. The Morgan fingerprint density at radius 3 is 2.65 bits per heavy atom. The molecule has 0 heterocycles. The van der Waals surface area contributed by atoms with Gasteiger partial charge in [-0.2, -0.15) is 0 Å². The van der Waals surface area contributed by atoms with Gasteiger partial charge in [-0.3, -0.25) is 4.79 Å². The molecule has 1 atom stereocenters. The Hall–Kier alpha value is -2.24. The highest BCUT2D eigenvalue weighted by Gasteiger charge is 2.16. The SMILES string of the molecule is COc1cccc([C@H](CNC(=O)COc2ccc(Cl)cc2C)N(C)C)c1. The minimum absolute atomic E-state index is 0.0336. The zero-order chi connectivity index (χ0) is 19.1. The fourth-order valence-corrected chi connectivity index (χ4v) is 2.85. The molecule has 1 N–H and O–H groups in total. The monoisotopic (exact) mass is 376 g/mol. The fraction of sp³-hybridized carbons (Fsp3) is 0.350. The Bertz CT molecular complexity index is 750. The third-order valence-electron chi connectivity index (χ3n) is 4.09. The molecule has 1 amide bonds. The Labute approximate surface area is 159 Å². The quantitative estimate of drug-likeness (QED) is 0.766. The average Bonchev–Trinajstić information content (AvgIpc) is 2.61. The number of amides is 1. The Kier molecular flexibility index (Phi) is 7.30. The van der Waals surface area contributed by atoms with E-state index in [4.69, 9.17) is 21.1 Å². The third-order valence-corrected chi connectivity index (χ3v) is 4.33. The number of nitrogens with one attached hydrogen (secondary N) is 1. The van der Waals surface area contributed by atoms with Crippen molar-refractivity contribution >= 4 is 17.5 Å². The summed E-state index contributed by atoms with van der Waals surface area (Å²) in [6, 6.07) is 13.2. The van der Waals surface area contributed by atoms with E-state index in [2.05, 4.69) is 10.2 Å². The van der Waals surface area contributed by atoms with Gasteiger partial charge in [-0.1, -0.05) is 23.7 Å². The first kappa shape index (κ1) is 20.1. The predicted molar refractivity (Wildman–Crippen MR) is 104 cm³/mol. The summed E-state index contributed by atoms with van der Waals surface area (Å²) in [5.41, 5.74) is 1.97. The van der Waals surface area contributed by atoms with Gasteiger partial charge in [-0.05, 0) is 62.5 Å². The maximum absolute atomic E-state index is 12.2. The molecule has 0 unspecified atom stereocenters. The number of hydrogen-bond acceptors (Lipinski definition) is 4. The molecule has 0 saturated heterocycles. The lowest BCUT2D eigenvalue weighted by atomic mass is 10.1. The van der Waals surface area contributed by atoms with E-state index in [-0.39, 0.29) is 18.6 Å². The molecule has 2 rings (SSSR count). The number of ether oxygens (including phenoxy) is 2. The second-order valence-electron chi connectivity index (χ2n) is 6.26. The maximum atomic E-state index is 12.2. The molecule has 2 aromatic carbocycles. The summed E-state index contributed by atoms with van der Waals surface area (Å²) in [5.74, 6) is 1.28. The number of benzene rings is 2. The van der Waals surface area contributed by atoms with E-state index in [0.29, 0.717) is 17.3 Å². The zero-order valence-corrected chi connectivity index (χ0v) is 16.3. The molecule has 0 spiro atoms. The van der Waals surface area contributed by atoms with Crippen LogP contribution in [0.2, 0.25) is 5.02 Å². The molecule has 2 aromatic rings. The van der Waals surface area contributed by atoms with E-state index < -0.39 is 0 Å². The Morgan fingerprint density at radius 1 is 1.23 bits per heavy atom. The first-order valence-corrected chi connectivity index (χ1v) is 8.74. The van der Waals surface area contributed by atoms with E-state index in [1.807, 2.05) is 45.3 Å². The van der Waals surface area contributed by atoms with Crippen molar-refractivity contribution in [2.75, 3.05) is 34.4 Å². The number of likely N-dealkylation sites (N-methyl/N-ethyl adjacent to an activating group) is 1. The highest BCUT2D eigenvalue weighted by molar-refractivity contribution is 6.30. The van der Waals surface area contributed by atoms with Crippen molar-refractivity contribution in [3.63, 3.8) is 0 Å². The number of carbonyl (C=O) groups is 1. The van der Waals surface area contributed by atoms with Crippen molar-refractivity contribution in [1.82, 2.24) is 10.2 Å². The second-order valence-corrected chi connectivity index (χ2v) is 6.70. The van der Waals surface area contributed by atoms with Crippen LogP contribution in [0.25, 0.3) is 0 Å². The van der Waals surface area contributed by atoms with Crippen LogP contribution >= 0.6 is 11.6 Å². The van der Waals surface area contributed by atoms with Crippen molar-refractivity contribution in [3.8, 4) is 11.5 Å². The van der Waals surface area contributed by atoms with Crippen LogP contribution in [0.3, 0.4) is 0 Å². The molecule has 0 saturated carbocycles. The van der Waals surface area contributed by atoms with E-state index in [1.165, 1.54) is 0 Å². The summed E-state index contributed by atoms with van der Waals surface area (Å²) in [4.78, 5) is 14.2. The summed E-state index contributed by atoms with van der Waals surface area (Å²) in [7, 11) is 5.59. The predicted octanol–water partition coefficient (Wildman–Crippen LogP) is 3.45.